The molecule has 6 nitrogen and oxygen atoms in total. The highest BCUT2D eigenvalue weighted by atomic mass is 16.3. The lowest BCUT2D eigenvalue weighted by Gasteiger charge is -2.33. The first-order chi connectivity index (χ1) is 11.5. The van der Waals surface area contributed by atoms with Crippen molar-refractivity contribution in [3.8, 4) is 0 Å². The summed E-state index contributed by atoms with van der Waals surface area (Å²) in [5, 5.41) is 15.0. The van der Waals surface area contributed by atoms with Crippen LogP contribution in [0.4, 0.5) is 0 Å². The summed E-state index contributed by atoms with van der Waals surface area (Å²) in [6.45, 7) is 8.31. The van der Waals surface area contributed by atoms with Crippen LogP contribution in [0.2, 0.25) is 0 Å². The first-order valence-corrected chi connectivity index (χ1v) is 8.74. The van der Waals surface area contributed by atoms with Crippen molar-refractivity contribution in [3.63, 3.8) is 0 Å². The number of hydrogen-bond acceptors (Lipinski definition) is 4. The molecule has 1 saturated heterocycles. The highest BCUT2D eigenvalue weighted by Gasteiger charge is 2.26. The molecule has 0 aliphatic carbocycles. The second-order valence-electron chi connectivity index (χ2n) is 7.23. The molecule has 6 heteroatoms. The Morgan fingerprint density at radius 1 is 1.29 bits per heavy atom. The highest BCUT2D eigenvalue weighted by molar-refractivity contribution is 5.96. The van der Waals surface area contributed by atoms with E-state index in [1.54, 1.807) is 12.4 Å². The molecule has 1 N–H and O–H groups in total. The van der Waals surface area contributed by atoms with E-state index in [1.165, 1.54) is 0 Å². The Hall–Kier alpha value is -1.95. The average Bonchev–Trinajstić information content (AvgIpc) is 2.96. The predicted molar refractivity (Wildman–Crippen MR) is 92.7 cm³/mol. The van der Waals surface area contributed by atoms with Crippen molar-refractivity contribution >= 4 is 16.9 Å². The number of aromatic nitrogens is 3. The van der Waals surface area contributed by atoms with Gasteiger partial charge in [-0.05, 0) is 37.7 Å². The SMILES string of the molecule is CC(C)Cn1ncc2cc(C(=O)N3CCC(C(C)O)CC3)cnc21. The van der Waals surface area contributed by atoms with E-state index in [0.29, 0.717) is 30.5 Å². The number of hydrogen-bond donors (Lipinski definition) is 1. The van der Waals surface area contributed by atoms with E-state index >= 15 is 0 Å². The van der Waals surface area contributed by atoms with Gasteiger partial charge in [0.2, 0.25) is 0 Å². The normalized spacial score (nSPS) is 17.6. The fraction of sp³-hybridized carbons (Fsp3) is 0.611. The zero-order valence-electron chi connectivity index (χ0n) is 14.6. The number of rotatable bonds is 4. The number of carbonyl (C=O) groups excluding carboxylic acids is 1. The molecule has 2 aromatic rings. The van der Waals surface area contributed by atoms with Crippen LogP contribution in [0.5, 0.6) is 0 Å². The van der Waals surface area contributed by atoms with Crippen molar-refractivity contribution in [2.24, 2.45) is 11.8 Å². The molecule has 0 saturated carbocycles. The maximum atomic E-state index is 12.7. The highest BCUT2D eigenvalue weighted by Crippen LogP contribution is 2.22. The van der Waals surface area contributed by atoms with Crippen LogP contribution in [0.3, 0.4) is 0 Å². The van der Waals surface area contributed by atoms with Gasteiger partial charge in [0, 0.05) is 31.2 Å². The summed E-state index contributed by atoms with van der Waals surface area (Å²) in [5.41, 5.74) is 1.44. The van der Waals surface area contributed by atoms with Crippen LogP contribution in [-0.4, -0.2) is 49.9 Å². The summed E-state index contributed by atoms with van der Waals surface area (Å²) < 4.78 is 1.89. The standard InChI is InChI=1S/C18H26N4O2/c1-12(2)11-22-17-15(10-20-22)8-16(9-19-17)18(24)21-6-4-14(5-7-21)13(3)23/h8-10,12-14,23H,4-7,11H2,1-3H3. The molecule has 1 amide bonds. The average molecular weight is 330 g/mol. The molecular formula is C18H26N4O2. The maximum absolute atomic E-state index is 12.7. The van der Waals surface area contributed by atoms with Gasteiger partial charge < -0.3 is 10.0 Å². The first-order valence-electron chi connectivity index (χ1n) is 8.74. The largest absolute Gasteiger partial charge is 0.393 e. The van der Waals surface area contributed by atoms with Gasteiger partial charge in [-0.1, -0.05) is 13.8 Å². The molecule has 1 aliphatic rings. The van der Waals surface area contributed by atoms with Gasteiger partial charge >= 0.3 is 0 Å². The van der Waals surface area contributed by atoms with Crippen molar-refractivity contribution in [2.75, 3.05) is 13.1 Å². The Bertz CT molecular complexity index is 715. The molecule has 130 valence electrons. The van der Waals surface area contributed by atoms with E-state index in [1.807, 2.05) is 22.6 Å². The number of fused-ring (bicyclic) bond motifs is 1. The van der Waals surface area contributed by atoms with Gasteiger partial charge in [0.25, 0.3) is 5.91 Å². The Morgan fingerprint density at radius 2 is 2.00 bits per heavy atom. The van der Waals surface area contributed by atoms with Gasteiger partial charge in [-0.3, -0.25) is 4.79 Å². The third kappa shape index (κ3) is 3.43. The van der Waals surface area contributed by atoms with Gasteiger partial charge in [-0.15, -0.1) is 0 Å². The number of nitrogens with zero attached hydrogens (tertiary/aromatic N) is 4. The second kappa shape index (κ2) is 6.89. The molecule has 0 bridgehead atoms. The van der Waals surface area contributed by atoms with Crippen molar-refractivity contribution in [3.05, 3.63) is 24.0 Å². The van der Waals surface area contributed by atoms with Crippen LogP contribution in [0.1, 0.15) is 44.0 Å². The van der Waals surface area contributed by atoms with E-state index < -0.39 is 0 Å². The van der Waals surface area contributed by atoms with Crippen molar-refractivity contribution in [2.45, 2.75) is 46.3 Å². The van der Waals surface area contributed by atoms with Gasteiger partial charge in [0.1, 0.15) is 0 Å². The summed E-state index contributed by atoms with van der Waals surface area (Å²) in [5.74, 6) is 0.806. The fourth-order valence-corrected chi connectivity index (χ4v) is 3.34. The summed E-state index contributed by atoms with van der Waals surface area (Å²) in [6, 6.07) is 1.88. The predicted octanol–water partition coefficient (Wildman–Crippen LogP) is 2.32. The van der Waals surface area contributed by atoms with E-state index in [4.69, 9.17) is 0 Å². The zero-order valence-corrected chi connectivity index (χ0v) is 14.6. The molecule has 0 aromatic carbocycles. The smallest absolute Gasteiger partial charge is 0.255 e. The van der Waals surface area contributed by atoms with Crippen LogP contribution in [-0.2, 0) is 6.54 Å². The summed E-state index contributed by atoms with van der Waals surface area (Å²) in [6.07, 6.45) is 4.84. The number of aliphatic hydroxyl groups is 1. The van der Waals surface area contributed by atoms with Crippen LogP contribution in [0, 0.1) is 11.8 Å². The third-order valence-electron chi connectivity index (χ3n) is 4.77. The lowest BCUT2D eigenvalue weighted by atomic mass is 9.92. The first kappa shape index (κ1) is 16.9. The van der Waals surface area contributed by atoms with Gasteiger partial charge in [-0.2, -0.15) is 5.10 Å². The Balaban J connectivity index is 1.74. The summed E-state index contributed by atoms with van der Waals surface area (Å²) in [7, 11) is 0. The fourth-order valence-electron chi connectivity index (χ4n) is 3.34. The summed E-state index contributed by atoms with van der Waals surface area (Å²) >= 11 is 0. The molecule has 1 atom stereocenters. The summed E-state index contributed by atoms with van der Waals surface area (Å²) in [4.78, 5) is 19.0. The van der Waals surface area contributed by atoms with Crippen molar-refractivity contribution in [1.29, 1.82) is 0 Å². The van der Waals surface area contributed by atoms with Gasteiger partial charge in [-0.25, -0.2) is 9.67 Å². The van der Waals surface area contributed by atoms with Gasteiger partial charge in [0.15, 0.2) is 5.65 Å². The van der Waals surface area contributed by atoms with Crippen LogP contribution in [0.15, 0.2) is 18.5 Å². The molecule has 2 aromatic heterocycles. The van der Waals surface area contributed by atoms with E-state index in [-0.39, 0.29) is 12.0 Å². The number of amides is 1. The molecule has 0 spiro atoms. The van der Waals surface area contributed by atoms with Crippen LogP contribution < -0.4 is 0 Å². The van der Waals surface area contributed by atoms with Crippen LogP contribution in [0.25, 0.3) is 11.0 Å². The number of pyridine rings is 1. The number of carbonyl (C=O) groups is 1. The van der Waals surface area contributed by atoms with E-state index in [0.717, 1.165) is 30.4 Å². The maximum Gasteiger partial charge on any atom is 0.255 e. The lowest BCUT2D eigenvalue weighted by Crippen LogP contribution is -2.40. The second-order valence-corrected chi connectivity index (χ2v) is 7.23. The molecule has 1 aliphatic heterocycles. The Morgan fingerprint density at radius 3 is 2.62 bits per heavy atom. The molecule has 1 fully saturated rings. The van der Waals surface area contributed by atoms with E-state index in [9.17, 15) is 9.90 Å². The van der Waals surface area contributed by atoms with E-state index in [2.05, 4.69) is 23.9 Å². The molecule has 24 heavy (non-hydrogen) atoms. The van der Waals surface area contributed by atoms with Crippen molar-refractivity contribution in [1.82, 2.24) is 19.7 Å². The molecular weight excluding hydrogens is 304 g/mol. The monoisotopic (exact) mass is 330 g/mol. The minimum atomic E-state index is -0.299. The minimum Gasteiger partial charge on any atom is -0.393 e. The molecule has 0 radical (unpaired) electrons. The zero-order chi connectivity index (χ0) is 17.3. The lowest BCUT2D eigenvalue weighted by molar-refractivity contribution is 0.0521. The molecule has 3 heterocycles. The van der Waals surface area contributed by atoms with Gasteiger partial charge in [0.05, 0.1) is 17.9 Å². The van der Waals surface area contributed by atoms with Crippen molar-refractivity contribution < 1.29 is 9.90 Å². The molecule has 3 rings (SSSR count). The van der Waals surface area contributed by atoms with Crippen LogP contribution >= 0.6 is 0 Å². The third-order valence-corrected chi connectivity index (χ3v) is 4.77. The number of aliphatic hydroxyl groups excluding tert-OH is 1. The number of piperidine rings is 1. The molecule has 1 unspecified atom stereocenters. The Labute approximate surface area is 142 Å². The minimum absolute atomic E-state index is 0.0186. The number of likely N-dealkylation sites (tertiary alicyclic amines) is 1. The Kier molecular flexibility index (Phi) is 4.85. The quantitative estimate of drug-likeness (QED) is 0.934. The topological polar surface area (TPSA) is 71.2 Å².